The van der Waals surface area contributed by atoms with Gasteiger partial charge >= 0.3 is 0 Å². The first-order chi connectivity index (χ1) is 12.1. The van der Waals surface area contributed by atoms with Crippen LogP contribution in [0.4, 0.5) is 0 Å². The molecule has 0 aliphatic heterocycles. The molecule has 2 aromatic carbocycles. The van der Waals surface area contributed by atoms with Gasteiger partial charge < -0.3 is 9.30 Å². The Hall–Kier alpha value is -2.79. The van der Waals surface area contributed by atoms with E-state index in [0.29, 0.717) is 12.8 Å². The molecular weight excluding hydrogens is 314 g/mol. The number of aryl methyl sites for hydroxylation is 1. The summed E-state index contributed by atoms with van der Waals surface area (Å²) in [6.45, 7) is 2.89. The van der Waals surface area contributed by atoms with E-state index in [1.165, 1.54) is 5.56 Å². The summed E-state index contributed by atoms with van der Waals surface area (Å²) in [5.74, 6) is 5.87. The number of hydrazine groups is 1. The maximum Gasteiger partial charge on any atom is 0.234 e. The van der Waals surface area contributed by atoms with Crippen molar-refractivity contribution in [3.05, 3.63) is 65.4 Å². The number of benzene rings is 2. The quantitative estimate of drug-likeness (QED) is 0.413. The number of amides is 1. The number of hydrogen-bond acceptors (Lipinski definition) is 3. The summed E-state index contributed by atoms with van der Waals surface area (Å²) in [6.07, 6.45) is 0.999. The van der Waals surface area contributed by atoms with Crippen molar-refractivity contribution < 1.29 is 9.53 Å². The lowest BCUT2D eigenvalue weighted by atomic mass is 10.1. The second kappa shape index (κ2) is 7.40. The average Bonchev–Trinajstić information content (AvgIpc) is 2.91. The van der Waals surface area contributed by atoms with E-state index in [2.05, 4.69) is 35.1 Å². The summed E-state index contributed by atoms with van der Waals surface area (Å²) in [6, 6.07) is 16.5. The number of nitrogens with zero attached hydrogens (tertiary/aromatic N) is 1. The molecule has 0 unspecified atom stereocenters. The average molecular weight is 337 g/mol. The van der Waals surface area contributed by atoms with E-state index in [0.717, 1.165) is 34.5 Å². The number of fused-ring (bicyclic) bond motifs is 1. The van der Waals surface area contributed by atoms with Crippen molar-refractivity contribution in [1.82, 2.24) is 9.99 Å². The number of aromatic nitrogens is 1. The third-order valence-electron chi connectivity index (χ3n) is 4.61. The van der Waals surface area contributed by atoms with Crippen molar-refractivity contribution in [1.29, 1.82) is 0 Å². The van der Waals surface area contributed by atoms with Gasteiger partial charge in [-0.15, -0.1) is 0 Å². The van der Waals surface area contributed by atoms with Crippen molar-refractivity contribution in [3.63, 3.8) is 0 Å². The maximum atomic E-state index is 11.6. The van der Waals surface area contributed by atoms with Crippen molar-refractivity contribution in [2.45, 2.75) is 26.3 Å². The third-order valence-corrected chi connectivity index (χ3v) is 4.61. The SMILES string of the molecule is COc1ccc2c(c1)c(CCC(=O)NN)c(C)n2Cc1ccccc1. The Bertz CT molecular complexity index is 885. The number of carbonyl (C=O) groups is 1. The lowest BCUT2D eigenvalue weighted by Gasteiger charge is -2.09. The molecule has 0 aliphatic carbocycles. The summed E-state index contributed by atoms with van der Waals surface area (Å²) in [5.41, 5.74) is 6.91. The van der Waals surface area contributed by atoms with Gasteiger partial charge in [-0.2, -0.15) is 0 Å². The molecule has 0 radical (unpaired) electrons. The van der Waals surface area contributed by atoms with Crippen LogP contribution in [0.3, 0.4) is 0 Å². The highest BCUT2D eigenvalue weighted by Crippen LogP contribution is 2.31. The second-order valence-electron chi connectivity index (χ2n) is 6.09. The number of nitrogens with two attached hydrogens (primary N) is 1. The van der Waals surface area contributed by atoms with Gasteiger partial charge in [0.05, 0.1) is 7.11 Å². The zero-order valence-electron chi connectivity index (χ0n) is 14.6. The molecule has 5 nitrogen and oxygen atoms in total. The van der Waals surface area contributed by atoms with Crippen molar-refractivity contribution in [2.24, 2.45) is 5.84 Å². The van der Waals surface area contributed by atoms with Gasteiger partial charge in [-0.25, -0.2) is 5.84 Å². The zero-order valence-corrected chi connectivity index (χ0v) is 14.6. The molecule has 0 bridgehead atoms. The number of rotatable bonds is 6. The molecule has 0 saturated carbocycles. The lowest BCUT2D eigenvalue weighted by Crippen LogP contribution is -2.30. The second-order valence-corrected chi connectivity index (χ2v) is 6.09. The highest BCUT2D eigenvalue weighted by molar-refractivity contribution is 5.87. The van der Waals surface area contributed by atoms with E-state index in [-0.39, 0.29) is 5.91 Å². The number of hydrogen-bond donors (Lipinski definition) is 2. The highest BCUT2D eigenvalue weighted by Gasteiger charge is 2.16. The predicted molar refractivity (Wildman–Crippen MR) is 99.4 cm³/mol. The Morgan fingerprint density at radius 3 is 2.64 bits per heavy atom. The van der Waals surface area contributed by atoms with Gasteiger partial charge in [0, 0.05) is 29.6 Å². The van der Waals surface area contributed by atoms with E-state index in [1.807, 2.05) is 30.3 Å². The molecule has 130 valence electrons. The standard InChI is InChI=1S/C20H23N3O2/c1-14-17(9-11-20(24)22-21)18-12-16(25-2)8-10-19(18)23(14)13-15-6-4-3-5-7-15/h3-8,10,12H,9,11,13,21H2,1-2H3,(H,22,24). The van der Waals surface area contributed by atoms with Gasteiger partial charge in [0.25, 0.3) is 0 Å². The zero-order chi connectivity index (χ0) is 17.8. The van der Waals surface area contributed by atoms with Crippen LogP contribution < -0.4 is 16.0 Å². The van der Waals surface area contributed by atoms with Crippen LogP contribution in [0.5, 0.6) is 5.75 Å². The molecule has 0 atom stereocenters. The first-order valence-electron chi connectivity index (χ1n) is 8.33. The van der Waals surface area contributed by atoms with Crippen molar-refractivity contribution in [2.75, 3.05) is 7.11 Å². The first-order valence-corrected chi connectivity index (χ1v) is 8.33. The van der Waals surface area contributed by atoms with Crippen LogP contribution >= 0.6 is 0 Å². The number of carbonyl (C=O) groups excluding carboxylic acids is 1. The van der Waals surface area contributed by atoms with Gasteiger partial charge in [-0.05, 0) is 42.7 Å². The summed E-state index contributed by atoms with van der Waals surface area (Å²) >= 11 is 0. The van der Waals surface area contributed by atoms with E-state index in [4.69, 9.17) is 10.6 Å². The Morgan fingerprint density at radius 2 is 1.96 bits per heavy atom. The Morgan fingerprint density at radius 1 is 1.20 bits per heavy atom. The molecule has 0 aliphatic rings. The highest BCUT2D eigenvalue weighted by atomic mass is 16.5. The molecule has 25 heavy (non-hydrogen) atoms. The first kappa shape index (κ1) is 17.0. The fourth-order valence-corrected chi connectivity index (χ4v) is 3.25. The maximum absolute atomic E-state index is 11.6. The fraction of sp³-hybridized carbons (Fsp3) is 0.250. The van der Waals surface area contributed by atoms with Crippen LogP contribution in [0.1, 0.15) is 23.2 Å². The van der Waals surface area contributed by atoms with E-state index in [9.17, 15) is 4.79 Å². The largest absolute Gasteiger partial charge is 0.497 e. The van der Waals surface area contributed by atoms with Gasteiger partial charge in [0.15, 0.2) is 0 Å². The van der Waals surface area contributed by atoms with E-state index >= 15 is 0 Å². The minimum Gasteiger partial charge on any atom is -0.497 e. The van der Waals surface area contributed by atoms with Crippen molar-refractivity contribution >= 4 is 16.8 Å². The molecule has 1 aromatic heterocycles. The molecule has 3 N–H and O–H groups in total. The molecule has 0 spiro atoms. The summed E-state index contributed by atoms with van der Waals surface area (Å²) in [7, 11) is 1.66. The smallest absolute Gasteiger partial charge is 0.234 e. The van der Waals surface area contributed by atoms with Crippen molar-refractivity contribution in [3.8, 4) is 5.75 Å². The minimum atomic E-state index is -0.161. The normalized spacial score (nSPS) is 10.8. The summed E-state index contributed by atoms with van der Waals surface area (Å²) in [4.78, 5) is 11.6. The van der Waals surface area contributed by atoms with Gasteiger partial charge in [0.1, 0.15) is 5.75 Å². The predicted octanol–water partition coefficient (Wildman–Crippen LogP) is 2.93. The van der Waals surface area contributed by atoms with Gasteiger partial charge in [-0.3, -0.25) is 10.2 Å². The fourth-order valence-electron chi connectivity index (χ4n) is 3.25. The van der Waals surface area contributed by atoms with Crippen LogP contribution in [-0.4, -0.2) is 17.6 Å². The Kier molecular flexibility index (Phi) is 5.05. The van der Waals surface area contributed by atoms with Crippen LogP contribution in [0.15, 0.2) is 48.5 Å². The molecule has 1 heterocycles. The Labute approximate surface area is 147 Å². The van der Waals surface area contributed by atoms with E-state index < -0.39 is 0 Å². The summed E-state index contributed by atoms with van der Waals surface area (Å²) in [5, 5.41) is 1.12. The minimum absolute atomic E-state index is 0.161. The molecule has 1 amide bonds. The molecule has 3 rings (SSSR count). The number of nitrogens with one attached hydrogen (secondary N) is 1. The monoisotopic (exact) mass is 337 g/mol. The van der Waals surface area contributed by atoms with Crippen LogP contribution in [0.25, 0.3) is 10.9 Å². The molecule has 3 aromatic rings. The third kappa shape index (κ3) is 3.51. The van der Waals surface area contributed by atoms with E-state index in [1.54, 1.807) is 7.11 Å². The molecule has 5 heteroatoms. The molecule has 0 fully saturated rings. The van der Waals surface area contributed by atoms with Gasteiger partial charge in [-0.1, -0.05) is 30.3 Å². The van der Waals surface area contributed by atoms with Crippen LogP contribution in [-0.2, 0) is 17.8 Å². The number of ether oxygens (including phenoxy) is 1. The van der Waals surface area contributed by atoms with Gasteiger partial charge in [0.2, 0.25) is 5.91 Å². The molecular formula is C20H23N3O2. The van der Waals surface area contributed by atoms with Crippen LogP contribution in [0.2, 0.25) is 0 Å². The summed E-state index contributed by atoms with van der Waals surface area (Å²) < 4.78 is 7.67. The topological polar surface area (TPSA) is 69.3 Å². The Balaban J connectivity index is 2.06. The lowest BCUT2D eigenvalue weighted by molar-refractivity contribution is -0.121. The number of methoxy groups -OCH3 is 1. The van der Waals surface area contributed by atoms with Crippen LogP contribution in [0, 0.1) is 6.92 Å². The molecule has 0 saturated heterocycles.